The van der Waals surface area contributed by atoms with E-state index in [0.717, 1.165) is 12.8 Å². The minimum atomic E-state index is -0.241. The molecule has 1 N–H and O–H groups in total. The van der Waals surface area contributed by atoms with Gasteiger partial charge in [-0.15, -0.1) is 0 Å². The van der Waals surface area contributed by atoms with Crippen LogP contribution in [0.5, 0.6) is 0 Å². The Labute approximate surface area is 74.0 Å². The topological polar surface area (TPSA) is 37.3 Å². The summed E-state index contributed by atoms with van der Waals surface area (Å²) in [5.41, 5.74) is -0.241. The summed E-state index contributed by atoms with van der Waals surface area (Å²) in [4.78, 5) is 11.7. The Morgan fingerprint density at radius 1 is 1.33 bits per heavy atom. The number of aliphatic hydroxyl groups excluding tert-OH is 1. The number of carbonyl (C=O) groups is 1. The van der Waals surface area contributed by atoms with Gasteiger partial charge in [-0.3, -0.25) is 4.79 Å². The molecule has 0 unspecified atom stereocenters. The molecular formula is C10H18O2. The van der Waals surface area contributed by atoms with Gasteiger partial charge in [0.15, 0.2) is 0 Å². The Balaban J connectivity index is 2.55. The molecule has 1 aliphatic rings. The lowest BCUT2D eigenvalue weighted by molar-refractivity contribution is -0.130. The van der Waals surface area contributed by atoms with Crippen LogP contribution >= 0.6 is 0 Å². The van der Waals surface area contributed by atoms with Crippen LogP contribution in [0.25, 0.3) is 0 Å². The summed E-state index contributed by atoms with van der Waals surface area (Å²) < 4.78 is 0. The molecule has 1 saturated carbocycles. The van der Waals surface area contributed by atoms with Crippen LogP contribution in [0.3, 0.4) is 0 Å². The summed E-state index contributed by atoms with van der Waals surface area (Å²) in [5.74, 6) is 0.416. The fourth-order valence-electron chi connectivity index (χ4n) is 1.81. The number of carbonyl (C=O) groups excluding carboxylic acids is 1. The number of aliphatic hydroxyl groups is 1. The van der Waals surface area contributed by atoms with Crippen molar-refractivity contribution in [3.05, 3.63) is 0 Å². The van der Waals surface area contributed by atoms with Gasteiger partial charge in [-0.05, 0) is 19.3 Å². The fourth-order valence-corrected chi connectivity index (χ4v) is 1.81. The third kappa shape index (κ3) is 2.07. The molecule has 12 heavy (non-hydrogen) atoms. The smallest absolute Gasteiger partial charge is 0.141 e. The van der Waals surface area contributed by atoms with Gasteiger partial charge in [0.25, 0.3) is 0 Å². The normalized spacial score (nSPS) is 30.7. The summed E-state index contributed by atoms with van der Waals surface area (Å²) in [5, 5.41) is 9.26. The predicted octanol–water partition coefficient (Wildman–Crippen LogP) is 1.76. The number of ketones is 1. The predicted molar refractivity (Wildman–Crippen MR) is 47.8 cm³/mol. The molecule has 0 heterocycles. The molecule has 0 aromatic carbocycles. The second-order valence-corrected chi connectivity index (χ2v) is 4.78. The number of rotatable bonds is 1. The first kappa shape index (κ1) is 9.72. The van der Waals surface area contributed by atoms with Gasteiger partial charge in [0.2, 0.25) is 0 Å². The molecule has 0 amide bonds. The van der Waals surface area contributed by atoms with Crippen LogP contribution in [0, 0.1) is 11.3 Å². The zero-order valence-electron chi connectivity index (χ0n) is 8.13. The molecule has 2 nitrogen and oxygen atoms in total. The lowest BCUT2D eigenvalue weighted by Crippen LogP contribution is -2.27. The van der Waals surface area contributed by atoms with Gasteiger partial charge in [0.1, 0.15) is 5.78 Å². The summed E-state index contributed by atoms with van der Waals surface area (Å²) in [6.07, 6.45) is 2.11. The first-order chi connectivity index (χ1) is 5.41. The summed E-state index contributed by atoms with van der Waals surface area (Å²) in [6, 6.07) is 0. The minimum absolute atomic E-state index is 0.111. The zero-order valence-corrected chi connectivity index (χ0v) is 8.13. The average molecular weight is 170 g/mol. The molecule has 0 aromatic rings. The third-order valence-electron chi connectivity index (χ3n) is 2.51. The van der Waals surface area contributed by atoms with Crippen LogP contribution in [0.2, 0.25) is 0 Å². The lowest BCUT2D eigenvalue weighted by atomic mass is 9.82. The summed E-state index contributed by atoms with van der Waals surface area (Å²) in [7, 11) is 0. The van der Waals surface area contributed by atoms with Gasteiger partial charge in [0, 0.05) is 11.3 Å². The Morgan fingerprint density at radius 2 is 1.92 bits per heavy atom. The van der Waals surface area contributed by atoms with E-state index < -0.39 is 0 Å². The van der Waals surface area contributed by atoms with Crippen molar-refractivity contribution in [2.75, 3.05) is 0 Å². The van der Waals surface area contributed by atoms with Gasteiger partial charge in [0.05, 0.1) is 6.10 Å². The van der Waals surface area contributed by atoms with E-state index in [4.69, 9.17) is 0 Å². The Kier molecular flexibility index (Phi) is 2.57. The molecule has 0 aromatic heterocycles. The van der Waals surface area contributed by atoms with Gasteiger partial charge in [-0.25, -0.2) is 0 Å². The van der Waals surface area contributed by atoms with Crippen molar-refractivity contribution in [1.29, 1.82) is 0 Å². The third-order valence-corrected chi connectivity index (χ3v) is 2.51. The molecule has 1 aliphatic carbocycles. The lowest BCUT2D eigenvalue weighted by Gasteiger charge is -2.20. The van der Waals surface area contributed by atoms with Crippen LogP contribution in [-0.2, 0) is 4.79 Å². The first-order valence-electron chi connectivity index (χ1n) is 4.63. The van der Waals surface area contributed by atoms with Crippen LogP contribution in [0.1, 0.15) is 40.0 Å². The van der Waals surface area contributed by atoms with Gasteiger partial charge in [-0.1, -0.05) is 20.8 Å². The molecule has 2 atom stereocenters. The quantitative estimate of drug-likeness (QED) is 0.651. The van der Waals surface area contributed by atoms with E-state index in [1.807, 2.05) is 20.8 Å². The largest absolute Gasteiger partial charge is 0.393 e. The monoisotopic (exact) mass is 170 g/mol. The minimum Gasteiger partial charge on any atom is -0.393 e. The van der Waals surface area contributed by atoms with Crippen LogP contribution < -0.4 is 0 Å². The van der Waals surface area contributed by atoms with E-state index >= 15 is 0 Å². The van der Waals surface area contributed by atoms with Gasteiger partial charge >= 0.3 is 0 Å². The van der Waals surface area contributed by atoms with Crippen molar-refractivity contribution < 1.29 is 9.90 Å². The fraction of sp³-hybridized carbons (Fsp3) is 0.900. The molecule has 0 bridgehead atoms. The summed E-state index contributed by atoms with van der Waals surface area (Å²) in [6.45, 7) is 5.83. The second-order valence-electron chi connectivity index (χ2n) is 4.78. The van der Waals surface area contributed by atoms with E-state index in [-0.39, 0.29) is 17.4 Å². The molecule has 2 heteroatoms. The van der Waals surface area contributed by atoms with Crippen molar-refractivity contribution in [2.24, 2.45) is 11.3 Å². The maximum atomic E-state index is 11.7. The van der Waals surface area contributed by atoms with E-state index in [1.54, 1.807) is 0 Å². The Hall–Kier alpha value is -0.370. The molecule has 0 radical (unpaired) electrons. The van der Waals surface area contributed by atoms with E-state index in [2.05, 4.69) is 0 Å². The molecule has 0 saturated heterocycles. The molecule has 70 valence electrons. The Bertz CT molecular complexity index is 179. The van der Waals surface area contributed by atoms with Crippen LogP contribution in [0.4, 0.5) is 0 Å². The number of hydrogen-bond donors (Lipinski definition) is 1. The molecule has 1 rings (SSSR count). The van der Waals surface area contributed by atoms with Crippen molar-refractivity contribution in [1.82, 2.24) is 0 Å². The molecular weight excluding hydrogens is 152 g/mol. The highest BCUT2D eigenvalue weighted by Gasteiger charge is 2.34. The maximum Gasteiger partial charge on any atom is 0.141 e. The van der Waals surface area contributed by atoms with Crippen LogP contribution in [-0.4, -0.2) is 17.0 Å². The van der Waals surface area contributed by atoms with Crippen molar-refractivity contribution >= 4 is 5.78 Å². The number of hydrogen-bond acceptors (Lipinski definition) is 2. The van der Waals surface area contributed by atoms with E-state index in [0.29, 0.717) is 12.2 Å². The molecule has 0 aliphatic heterocycles. The highest BCUT2D eigenvalue weighted by Crippen LogP contribution is 2.32. The van der Waals surface area contributed by atoms with Gasteiger partial charge in [-0.2, -0.15) is 0 Å². The highest BCUT2D eigenvalue weighted by atomic mass is 16.3. The van der Waals surface area contributed by atoms with Crippen molar-refractivity contribution in [3.63, 3.8) is 0 Å². The van der Waals surface area contributed by atoms with Gasteiger partial charge < -0.3 is 5.11 Å². The second kappa shape index (κ2) is 3.17. The highest BCUT2D eigenvalue weighted by molar-refractivity contribution is 5.86. The first-order valence-corrected chi connectivity index (χ1v) is 4.63. The van der Waals surface area contributed by atoms with E-state index in [9.17, 15) is 9.90 Å². The van der Waals surface area contributed by atoms with Crippen molar-refractivity contribution in [2.45, 2.75) is 46.1 Å². The Morgan fingerprint density at radius 3 is 2.25 bits per heavy atom. The number of Topliss-reactive ketones (excluding diaryl/α,β-unsaturated/α-hetero) is 1. The van der Waals surface area contributed by atoms with E-state index in [1.165, 1.54) is 0 Å². The standard InChI is InChI=1S/C10H18O2/c1-10(2,3)9(12)7-4-5-8(11)6-7/h7-8,11H,4-6H2,1-3H3/t7-,8-/m0/s1. The SMILES string of the molecule is CC(C)(C)C(=O)[C@H]1CC[C@H](O)C1. The zero-order chi connectivity index (χ0) is 9.35. The van der Waals surface area contributed by atoms with Crippen LogP contribution in [0.15, 0.2) is 0 Å². The average Bonchev–Trinajstić information content (AvgIpc) is 2.32. The maximum absolute atomic E-state index is 11.7. The summed E-state index contributed by atoms with van der Waals surface area (Å²) >= 11 is 0. The van der Waals surface area contributed by atoms with Crippen molar-refractivity contribution in [3.8, 4) is 0 Å². The molecule has 1 fully saturated rings. The molecule has 0 spiro atoms.